The number of likely N-dealkylation sites (N-methyl/N-ethyl adjacent to an activating group) is 1. The van der Waals surface area contributed by atoms with E-state index in [0.29, 0.717) is 53.6 Å². The van der Waals surface area contributed by atoms with Crippen LogP contribution in [0.25, 0.3) is 33.4 Å². The molecule has 10 rings (SSSR count). The van der Waals surface area contributed by atoms with Crippen molar-refractivity contribution in [2.75, 3.05) is 58.4 Å². The summed E-state index contributed by atoms with van der Waals surface area (Å²) in [4.78, 5) is 58.8. The number of benzene rings is 1. The van der Waals surface area contributed by atoms with Crippen molar-refractivity contribution in [1.29, 1.82) is 0 Å². The highest BCUT2D eigenvalue weighted by Gasteiger charge is 2.78. The van der Waals surface area contributed by atoms with Crippen LogP contribution in [0.4, 0.5) is 5.69 Å². The number of piperazine rings is 1. The van der Waals surface area contributed by atoms with Crippen molar-refractivity contribution in [2.24, 2.45) is 34.5 Å². The number of hydrogen-bond acceptors (Lipinski definition) is 11. The Labute approximate surface area is 371 Å². The van der Waals surface area contributed by atoms with E-state index >= 15 is 4.79 Å². The van der Waals surface area contributed by atoms with Crippen LogP contribution in [0.15, 0.2) is 35.8 Å². The van der Waals surface area contributed by atoms with Gasteiger partial charge in [-0.3, -0.25) is 24.4 Å². The fraction of sp³-hybridized carbons (Fsp3) is 0.604. The second-order valence-corrected chi connectivity index (χ2v) is 22.5. The number of aryl methyl sites for hydroxylation is 1. The first-order chi connectivity index (χ1) is 29.7. The SMILES string of the molecule is CCn1c(-c2cc(N3CCN(C)CC3)cnc2[C@H](C)OC)c2c3cc(ccc31)-c1csc(n1)C[C@]1(C(=O)N3CCC[C@H](N3)C(=O)OCC(C)(C)C2)C2[Si][C@H]2C1C(=O)C1[C@@H](C)[C@H]1C. The lowest BCUT2D eigenvalue weighted by Gasteiger charge is -2.50. The second kappa shape index (κ2) is 15.6. The van der Waals surface area contributed by atoms with Crippen molar-refractivity contribution in [3.05, 3.63) is 52.1 Å². The third kappa shape index (κ3) is 6.89. The summed E-state index contributed by atoms with van der Waals surface area (Å²) in [5.41, 5.74) is 10.8. The summed E-state index contributed by atoms with van der Waals surface area (Å²) in [5, 5.41) is 5.82. The smallest absolute Gasteiger partial charge is 0.324 e. The number of nitrogens with one attached hydrogen (secondary N) is 1. The maximum atomic E-state index is 15.1. The Morgan fingerprint density at radius 1 is 1.10 bits per heavy atom. The van der Waals surface area contributed by atoms with Crippen molar-refractivity contribution < 1.29 is 23.9 Å². The lowest BCUT2D eigenvalue weighted by atomic mass is 9.55. The summed E-state index contributed by atoms with van der Waals surface area (Å²) in [5.74, 6) is 0.246. The van der Waals surface area contributed by atoms with Crippen LogP contribution in [0.5, 0.6) is 0 Å². The van der Waals surface area contributed by atoms with Crippen LogP contribution in [0.1, 0.15) is 76.8 Å². The van der Waals surface area contributed by atoms with Crippen LogP contribution >= 0.6 is 11.3 Å². The number of pyridine rings is 1. The third-order valence-electron chi connectivity index (χ3n) is 15.5. The van der Waals surface area contributed by atoms with Crippen LogP contribution in [0.3, 0.4) is 0 Å². The summed E-state index contributed by atoms with van der Waals surface area (Å²) in [6.45, 7) is 18.2. The fourth-order valence-electron chi connectivity index (χ4n) is 11.4. The summed E-state index contributed by atoms with van der Waals surface area (Å²) >= 11 is 1.59. The molecule has 3 aromatic heterocycles. The number of hydrazine groups is 1. The van der Waals surface area contributed by atoms with Crippen molar-refractivity contribution in [3.63, 3.8) is 0 Å². The van der Waals surface area contributed by atoms with E-state index in [0.717, 1.165) is 82.5 Å². The molecule has 5 fully saturated rings. The second-order valence-electron chi connectivity index (χ2n) is 20.0. The molecule has 7 heterocycles. The summed E-state index contributed by atoms with van der Waals surface area (Å²) in [7, 11) is 4.51. The quantitative estimate of drug-likeness (QED) is 0.156. The van der Waals surface area contributed by atoms with E-state index in [9.17, 15) is 9.59 Å². The van der Waals surface area contributed by atoms with Crippen LogP contribution in [0, 0.1) is 34.5 Å². The minimum atomic E-state index is -0.863. The van der Waals surface area contributed by atoms with E-state index in [4.69, 9.17) is 19.4 Å². The number of ketones is 1. The standard InChI is InChI=1S/C48H61N7O5SSi/c1-9-54-36-13-12-29-19-31(36)33(41(54)32-20-30(23-49-40(32)28(4)59-8)53-17-15-52(7)16-18-53)21-47(5,6)25-60-45(57)34-11-10-14-55(51-34)46(58)48(22-37-50-35(29)24-61-37)39(43-44(48)62-43)42(56)38-26(2)27(38)3/h12-13,19-20,23-24,26-28,34,38-39,43-44,51H,9-11,14-18,21-22,25H2,1-8H3/t26-,27+,28-,34-,38?,39?,43-,44?,48+/m0/s1. The van der Waals surface area contributed by atoms with E-state index < -0.39 is 16.9 Å². The number of cyclic esters (lactones) is 1. The number of thiazole rings is 1. The molecule has 2 saturated carbocycles. The zero-order valence-corrected chi connectivity index (χ0v) is 39.3. The van der Waals surface area contributed by atoms with Crippen LogP contribution < -0.4 is 10.3 Å². The highest BCUT2D eigenvalue weighted by Crippen LogP contribution is 2.77. The maximum absolute atomic E-state index is 15.1. The monoisotopic (exact) mass is 875 g/mol. The zero-order valence-electron chi connectivity index (χ0n) is 37.5. The van der Waals surface area contributed by atoms with Crippen LogP contribution in [-0.4, -0.2) is 111 Å². The molecule has 1 aromatic carbocycles. The number of ether oxygens (including phenoxy) is 2. The van der Waals surface area contributed by atoms with E-state index in [1.807, 2.05) is 6.20 Å². The summed E-state index contributed by atoms with van der Waals surface area (Å²) < 4.78 is 14.7. The Bertz CT molecular complexity index is 2430. The lowest BCUT2D eigenvalue weighted by Crippen LogP contribution is -2.63. The first-order valence-electron chi connectivity index (χ1n) is 22.9. The summed E-state index contributed by atoms with van der Waals surface area (Å²) in [6.07, 6.45) is 4.07. The van der Waals surface area contributed by atoms with Gasteiger partial charge in [-0.05, 0) is 86.8 Å². The average Bonchev–Trinajstić information content (AvgIpc) is 4.01. The zero-order chi connectivity index (χ0) is 43.4. The van der Waals surface area contributed by atoms with Gasteiger partial charge in [-0.1, -0.05) is 33.8 Å². The molecule has 3 saturated heterocycles. The molecule has 62 heavy (non-hydrogen) atoms. The molecule has 6 bridgehead atoms. The van der Waals surface area contributed by atoms with Gasteiger partial charge in [0.05, 0.1) is 52.1 Å². The molecule has 12 nitrogen and oxygen atoms in total. The van der Waals surface area contributed by atoms with E-state index in [1.54, 1.807) is 23.5 Å². The molecule has 328 valence electrons. The maximum Gasteiger partial charge on any atom is 0.324 e. The molecule has 1 spiro atoms. The number of carbonyl (C=O) groups is 3. The Morgan fingerprint density at radius 3 is 2.60 bits per heavy atom. The fourth-order valence-corrected chi connectivity index (χ4v) is 14.5. The first kappa shape index (κ1) is 42.0. The van der Waals surface area contributed by atoms with Crippen molar-refractivity contribution in [3.8, 4) is 22.5 Å². The average molecular weight is 876 g/mol. The van der Waals surface area contributed by atoms with Gasteiger partial charge in [0.15, 0.2) is 0 Å². The molecular formula is C48H61N7O5SSi. The Kier molecular flexibility index (Phi) is 10.6. The third-order valence-corrected chi connectivity index (χ3v) is 18.2. The van der Waals surface area contributed by atoms with Gasteiger partial charge in [0.1, 0.15) is 11.8 Å². The highest BCUT2D eigenvalue weighted by molar-refractivity contribution is 7.10. The number of aromatic nitrogens is 3. The first-order valence-corrected chi connectivity index (χ1v) is 24.9. The molecular weight excluding hydrogens is 815 g/mol. The van der Waals surface area contributed by atoms with Gasteiger partial charge in [0.2, 0.25) is 5.91 Å². The normalized spacial score (nSPS) is 31.3. The van der Waals surface area contributed by atoms with Crippen molar-refractivity contribution >= 4 is 55.1 Å². The number of Topliss-reactive ketones (excluding diaryl/α,β-unsaturated/α-hetero) is 1. The van der Waals surface area contributed by atoms with Gasteiger partial charge in [-0.15, -0.1) is 11.3 Å². The van der Waals surface area contributed by atoms with E-state index in [-0.39, 0.29) is 53.3 Å². The molecule has 6 aliphatic rings. The van der Waals surface area contributed by atoms with Gasteiger partial charge in [-0.25, -0.2) is 10.4 Å². The molecule has 2 radical (unpaired) electrons. The van der Waals surface area contributed by atoms with Crippen LogP contribution in [-0.2, 0) is 43.2 Å². The Hall–Kier alpha value is -3.95. The van der Waals surface area contributed by atoms with Crippen LogP contribution in [0.2, 0.25) is 11.1 Å². The largest absolute Gasteiger partial charge is 0.464 e. The number of esters is 1. The minimum Gasteiger partial charge on any atom is -0.464 e. The number of amides is 1. The predicted octanol–water partition coefficient (Wildman–Crippen LogP) is 6.85. The molecule has 4 aromatic rings. The van der Waals surface area contributed by atoms with Crippen molar-refractivity contribution in [2.45, 2.75) is 97.0 Å². The molecule has 1 amide bonds. The van der Waals surface area contributed by atoms with Gasteiger partial charge < -0.3 is 23.8 Å². The predicted molar refractivity (Wildman–Crippen MR) is 243 cm³/mol. The molecule has 1 N–H and O–H groups in total. The molecule has 3 unspecified atom stereocenters. The highest BCUT2D eigenvalue weighted by atomic mass is 32.1. The topological polar surface area (TPSA) is 122 Å². The number of nitrogens with zero attached hydrogens (tertiary/aromatic N) is 6. The number of hydrogen-bond donors (Lipinski definition) is 1. The number of fused-ring (bicyclic) bond motifs is 8. The molecule has 14 heteroatoms. The number of anilines is 1. The van der Waals surface area contributed by atoms with Gasteiger partial charge in [0, 0.05) is 107 Å². The minimum absolute atomic E-state index is 0.0105. The Balaban J connectivity index is 1.12. The number of methoxy groups -OCH3 is 1. The molecule has 9 atom stereocenters. The van der Waals surface area contributed by atoms with Gasteiger partial charge in [-0.2, -0.15) is 0 Å². The Morgan fingerprint density at radius 2 is 1.87 bits per heavy atom. The summed E-state index contributed by atoms with van der Waals surface area (Å²) in [6, 6.07) is 8.35. The van der Waals surface area contributed by atoms with E-state index in [1.165, 1.54) is 5.56 Å². The van der Waals surface area contributed by atoms with Crippen molar-refractivity contribution in [1.82, 2.24) is 29.9 Å². The van der Waals surface area contributed by atoms with Gasteiger partial charge >= 0.3 is 5.97 Å². The molecule has 2 aliphatic carbocycles. The van der Waals surface area contributed by atoms with E-state index in [2.05, 4.69) is 98.0 Å². The number of rotatable bonds is 7. The number of carbonyl (C=O) groups excluding carboxylic acids is 3. The lowest BCUT2D eigenvalue weighted by molar-refractivity contribution is -0.165. The molecule has 4 aliphatic heterocycles. The van der Waals surface area contributed by atoms with Gasteiger partial charge in [0.25, 0.3) is 0 Å².